The zero-order chi connectivity index (χ0) is 14.0. The third-order valence-electron chi connectivity index (χ3n) is 2.15. The number of carbonyl (C=O) groups is 1. The summed E-state index contributed by atoms with van der Waals surface area (Å²) >= 11 is 6.73. The quantitative estimate of drug-likeness (QED) is 0.851. The molecule has 2 N–H and O–H groups in total. The zero-order valence-corrected chi connectivity index (χ0v) is 10.8. The summed E-state index contributed by atoms with van der Waals surface area (Å²) in [5.41, 5.74) is -0.953. The number of aromatic nitrogens is 2. The number of nitrogens with one attached hydrogen (secondary N) is 1. The molecule has 0 unspecified atom stereocenters. The van der Waals surface area contributed by atoms with Gasteiger partial charge in [0.05, 0.1) is 11.9 Å². The molecule has 0 amide bonds. The molecule has 0 saturated heterocycles. The third kappa shape index (κ3) is 2.94. The Balaban J connectivity index is 2.39. The molecule has 0 bridgehead atoms. The summed E-state index contributed by atoms with van der Waals surface area (Å²) in [6.45, 7) is 0. The van der Waals surface area contributed by atoms with Gasteiger partial charge in [0.15, 0.2) is 0 Å². The van der Waals surface area contributed by atoms with Gasteiger partial charge in [-0.1, -0.05) is 23.4 Å². The first-order chi connectivity index (χ1) is 8.99. The van der Waals surface area contributed by atoms with Crippen LogP contribution in [-0.2, 0) is 0 Å². The molecule has 1 heterocycles. The number of hydrogen-bond acceptors (Lipinski definition) is 4. The molecule has 2 rings (SSSR count). The number of carboxylic acid groups (broad SMARTS) is 1. The zero-order valence-electron chi connectivity index (χ0n) is 9.18. The predicted molar refractivity (Wildman–Crippen MR) is 67.3 cm³/mol. The number of aromatic amines is 1. The molecule has 0 saturated carbocycles. The minimum absolute atomic E-state index is 0.103. The topological polar surface area (TPSA) is 83.0 Å². The van der Waals surface area contributed by atoms with Gasteiger partial charge in [-0.25, -0.2) is 14.2 Å². The number of carboxylic acids is 1. The molecule has 2 aromatic rings. The molecule has 98 valence electrons. The van der Waals surface area contributed by atoms with E-state index < -0.39 is 22.9 Å². The lowest BCUT2D eigenvalue weighted by molar-refractivity contribution is 0.0691. The lowest BCUT2D eigenvalue weighted by Gasteiger charge is -2.04. The molecular weight excluding hydrogens is 295 g/mol. The van der Waals surface area contributed by atoms with E-state index in [1.165, 1.54) is 12.4 Å². The Morgan fingerprint density at radius 2 is 2.21 bits per heavy atom. The van der Waals surface area contributed by atoms with Crippen molar-refractivity contribution in [3.05, 3.63) is 51.3 Å². The van der Waals surface area contributed by atoms with Crippen LogP contribution < -0.4 is 5.56 Å². The van der Waals surface area contributed by atoms with Crippen LogP contribution >= 0.6 is 23.4 Å². The first-order valence-corrected chi connectivity index (χ1v) is 6.12. The highest BCUT2D eigenvalue weighted by atomic mass is 35.5. The van der Waals surface area contributed by atoms with Gasteiger partial charge in [0, 0.05) is 4.90 Å². The molecule has 0 fully saturated rings. The normalized spacial score (nSPS) is 10.4. The first-order valence-electron chi connectivity index (χ1n) is 4.93. The van der Waals surface area contributed by atoms with Crippen molar-refractivity contribution in [3.63, 3.8) is 0 Å². The summed E-state index contributed by atoms with van der Waals surface area (Å²) in [4.78, 5) is 28.6. The Bertz CT molecular complexity index is 705. The van der Waals surface area contributed by atoms with Crippen LogP contribution in [0.2, 0.25) is 5.02 Å². The highest BCUT2D eigenvalue weighted by Crippen LogP contribution is 2.30. The monoisotopic (exact) mass is 300 g/mol. The van der Waals surface area contributed by atoms with Crippen molar-refractivity contribution < 1.29 is 14.3 Å². The molecule has 0 atom stereocenters. The van der Waals surface area contributed by atoms with E-state index in [-0.39, 0.29) is 10.0 Å². The SMILES string of the molecule is O=C(O)c1cc(Sc2nc[nH]c(=O)c2Cl)ccc1F. The van der Waals surface area contributed by atoms with Gasteiger partial charge in [0.2, 0.25) is 0 Å². The van der Waals surface area contributed by atoms with Crippen LogP contribution in [0.5, 0.6) is 0 Å². The van der Waals surface area contributed by atoms with Crippen LogP contribution in [0, 0.1) is 5.82 Å². The number of halogens is 2. The minimum Gasteiger partial charge on any atom is -0.478 e. The van der Waals surface area contributed by atoms with Crippen molar-refractivity contribution in [2.24, 2.45) is 0 Å². The number of benzene rings is 1. The number of nitrogens with zero attached hydrogens (tertiary/aromatic N) is 1. The Hall–Kier alpha value is -1.86. The average molecular weight is 301 g/mol. The molecule has 0 radical (unpaired) electrons. The first kappa shape index (κ1) is 13.6. The molecule has 5 nitrogen and oxygen atoms in total. The van der Waals surface area contributed by atoms with Crippen molar-refractivity contribution in [1.29, 1.82) is 0 Å². The highest BCUT2D eigenvalue weighted by Gasteiger charge is 2.13. The fourth-order valence-electron chi connectivity index (χ4n) is 1.28. The van der Waals surface area contributed by atoms with Gasteiger partial charge in [0.1, 0.15) is 15.9 Å². The number of H-pyrrole nitrogens is 1. The van der Waals surface area contributed by atoms with E-state index in [2.05, 4.69) is 9.97 Å². The summed E-state index contributed by atoms with van der Waals surface area (Å²) in [5.74, 6) is -2.20. The van der Waals surface area contributed by atoms with Crippen molar-refractivity contribution in [2.75, 3.05) is 0 Å². The molecule has 19 heavy (non-hydrogen) atoms. The Kier molecular flexibility index (Phi) is 3.87. The fraction of sp³-hybridized carbons (Fsp3) is 0. The molecular formula is C11H6ClFN2O3S. The van der Waals surface area contributed by atoms with Crippen molar-refractivity contribution in [1.82, 2.24) is 9.97 Å². The Morgan fingerprint density at radius 1 is 1.47 bits per heavy atom. The summed E-state index contributed by atoms with van der Waals surface area (Å²) < 4.78 is 13.2. The van der Waals surface area contributed by atoms with Gasteiger partial charge in [0.25, 0.3) is 5.56 Å². The molecule has 0 aliphatic heterocycles. The van der Waals surface area contributed by atoms with Crippen molar-refractivity contribution >= 4 is 29.3 Å². The molecule has 0 aliphatic rings. The van der Waals surface area contributed by atoms with Gasteiger partial charge in [-0.05, 0) is 18.2 Å². The van der Waals surface area contributed by atoms with Crippen LogP contribution in [0.1, 0.15) is 10.4 Å². The summed E-state index contributed by atoms with van der Waals surface area (Å²) in [5, 5.41) is 8.92. The van der Waals surface area contributed by atoms with Gasteiger partial charge in [-0.2, -0.15) is 0 Å². The highest BCUT2D eigenvalue weighted by molar-refractivity contribution is 7.99. The molecule has 1 aromatic heterocycles. The lowest BCUT2D eigenvalue weighted by atomic mass is 10.2. The number of aromatic carboxylic acids is 1. The van der Waals surface area contributed by atoms with E-state index in [1.54, 1.807) is 0 Å². The average Bonchev–Trinajstić information content (AvgIpc) is 2.37. The minimum atomic E-state index is -1.37. The van der Waals surface area contributed by atoms with Gasteiger partial charge < -0.3 is 10.1 Å². The van der Waals surface area contributed by atoms with E-state index >= 15 is 0 Å². The smallest absolute Gasteiger partial charge is 0.338 e. The third-order valence-corrected chi connectivity index (χ3v) is 3.60. The summed E-state index contributed by atoms with van der Waals surface area (Å²) in [7, 11) is 0. The van der Waals surface area contributed by atoms with E-state index in [0.717, 1.165) is 23.9 Å². The second-order valence-corrected chi connectivity index (χ2v) is 4.84. The Morgan fingerprint density at radius 3 is 2.89 bits per heavy atom. The van der Waals surface area contributed by atoms with Gasteiger partial charge >= 0.3 is 5.97 Å². The van der Waals surface area contributed by atoms with Crippen LogP contribution in [0.15, 0.2) is 39.2 Å². The van der Waals surface area contributed by atoms with Crippen LogP contribution in [0.4, 0.5) is 4.39 Å². The van der Waals surface area contributed by atoms with Gasteiger partial charge in [-0.3, -0.25) is 4.79 Å². The summed E-state index contributed by atoms with van der Waals surface area (Å²) in [6.07, 6.45) is 1.18. The largest absolute Gasteiger partial charge is 0.478 e. The van der Waals surface area contributed by atoms with E-state index in [4.69, 9.17) is 16.7 Å². The molecule has 1 aromatic carbocycles. The number of hydrogen-bond donors (Lipinski definition) is 2. The number of rotatable bonds is 3. The van der Waals surface area contributed by atoms with Crippen LogP contribution in [-0.4, -0.2) is 21.0 Å². The Labute approximate surface area is 115 Å². The second kappa shape index (κ2) is 5.41. The predicted octanol–water partition coefficient (Wildman–Crippen LogP) is 2.41. The van der Waals surface area contributed by atoms with E-state index in [9.17, 15) is 14.0 Å². The van der Waals surface area contributed by atoms with Crippen molar-refractivity contribution in [3.8, 4) is 0 Å². The lowest BCUT2D eigenvalue weighted by Crippen LogP contribution is -2.07. The fourth-order valence-corrected chi connectivity index (χ4v) is 2.32. The summed E-state index contributed by atoms with van der Waals surface area (Å²) in [6, 6.07) is 3.57. The van der Waals surface area contributed by atoms with Gasteiger partial charge in [-0.15, -0.1) is 0 Å². The molecule has 8 heteroatoms. The second-order valence-electron chi connectivity index (χ2n) is 3.40. The van der Waals surface area contributed by atoms with Crippen LogP contribution in [0.25, 0.3) is 0 Å². The molecule has 0 spiro atoms. The standard InChI is InChI=1S/C11H6ClFN2O3S/c12-8-9(16)14-4-15-10(8)19-5-1-2-7(13)6(3-5)11(17)18/h1-4H,(H,17,18)(H,14,15,16). The van der Waals surface area contributed by atoms with E-state index in [0.29, 0.717) is 4.90 Å². The molecule has 0 aliphatic carbocycles. The maximum atomic E-state index is 13.2. The maximum absolute atomic E-state index is 13.2. The van der Waals surface area contributed by atoms with Crippen LogP contribution in [0.3, 0.4) is 0 Å². The van der Waals surface area contributed by atoms with E-state index in [1.807, 2.05) is 0 Å². The maximum Gasteiger partial charge on any atom is 0.338 e. The van der Waals surface area contributed by atoms with Crippen molar-refractivity contribution in [2.45, 2.75) is 9.92 Å².